The van der Waals surface area contributed by atoms with E-state index in [4.69, 9.17) is 10.00 Å². The highest BCUT2D eigenvalue weighted by atomic mass is 79.9. The lowest BCUT2D eigenvalue weighted by molar-refractivity contribution is 0.0521. The molecule has 0 aliphatic rings. The Labute approximate surface area is 101 Å². The molecule has 0 amide bonds. The molecule has 6 heteroatoms. The van der Waals surface area contributed by atoms with Gasteiger partial charge in [-0.3, -0.25) is 0 Å². The molecule has 0 aliphatic carbocycles. The molecule has 0 fully saturated rings. The van der Waals surface area contributed by atoms with E-state index < -0.39 is 12.2 Å². The van der Waals surface area contributed by atoms with Crippen molar-refractivity contribution in [2.75, 3.05) is 7.11 Å². The van der Waals surface area contributed by atoms with Gasteiger partial charge >= 0.3 is 0 Å². The van der Waals surface area contributed by atoms with Gasteiger partial charge in [-0.2, -0.15) is 5.26 Å². The summed E-state index contributed by atoms with van der Waals surface area (Å²) in [4.78, 5) is 0. The molecule has 3 N–H and O–H groups in total. The van der Waals surface area contributed by atoms with Crippen LogP contribution in [0.25, 0.3) is 0 Å². The highest BCUT2D eigenvalue weighted by Gasteiger charge is 2.22. The fourth-order valence-corrected chi connectivity index (χ4v) is 1.76. The van der Waals surface area contributed by atoms with Gasteiger partial charge in [-0.15, -0.1) is 0 Å². The summed E-state index contributed by atoms with van der Waals surface area (Å²) in [6, 6.07) is 4.20. The van der Waals surface area contributed by atoms with Gasteiger partial charge in [0.05, 0.1) is 13.2 Å². The van der Waals surface area contributed by atoms with Crippen LogP contribution in [0.3, 0.4) is 0 Å². The van der Waals surface area contributed by atoms with E-state index >= 15 is 0 Å². The van der Waals surface area contributed by atoms with Crippen molar-refractivity contribution in [2.24, 2.45) is 0 Å². The Morgan fingerprint density at radius 2 is 2.06 bits per heavy atom. The van der Waals surface area contributed by atoms with Gasteiger partial charge in [0.25, 0.3) is 0 Å². The van der Waals surface area contributed by atoms with Gasteiger partial charge in [-0.05, 0) is 12.1 Å². The Kier molecular flexibility index (Phi) is 4.12. The average Bonchev–Trinajstić information content (AvgIpc) is 2.27. The van der Waals surface area contributed by atoms with Crippen molar-refractivity contribution in [1.29, 1.82) is 5.26 Å². The van der Waals surface area contributed by atoms with E-state index in [0.29, 0.717) is 4.47 Å². The summed E-state index contributed by atoms with van der Waals surface area (Å²) in [5.74, 6) is 0.0548. The molecule has 2 unspecified atom stereocenters. The SMILES string of the molecule is COc1cc(C(O)C(O)C#N)c(Br)cc1O. The highest BCUT2D eigenvalue weighted by molar-refractivity contribution is 9.10. The predicted molar refractivity (Wildman–Crippen MR) is 58.9 cm³/mol. The number of halogens is 1. The second kappa shape index (κ2) is 5.16. The Morgan fingerprint density at radius 1 is 1.44 bits per heavy atom. The second-order valence-electron chi connectivity index (χ2n) is 3.06. The highest BCUT2D eigenvalue weighted by Crippen LogP contribution is 2.36. The summed E-state index contributed by atoms with van der Waals surface area (Å²) < 4.78 is 5.24. The van der Waals surface area contributed by atoms with E-state index in [1.165, 1.54) is 25.3 Å². The van der Waals surface area contributed by atoms with E-state index in [1.807, 2.05) is 0 Å². The van der Waals surface area contributed by atoms with Gasteiger partial charge in [0.15, 0.2) is 17.6 Å². The lowest BCUT2D eigenvalue weighted by Gasteiger charge is -2.15. The molecule has 1 rings (SSSR count). The van der Waals surface area contributed by atoms with E-state index in [9.17, 15) is 15.3 Å². The average molecular weight is 288 g/mol. The first-order valence-corrected chi connectivity index (χ1v) is 5.12. The van der Waals surface area contributed by atoms with Crippen molar-refractivity contribution in [3.8, 4) is 17.6 Å². The quantitative estimate of drug-likeness (QED) is 0.724. The maximum atomic E-state index is 9.64. The summed E-state index contributed by atoms with van der Waals surface area (Å²) in [5.41, 5.74) is 0.267. The van der Waals surface area contributed by atoms with Crippen LogP contribution < -0.4 is 4.74 Å². The smallest absolute Gasteiger partial charge is 0.170 e. The van der Waals surface area contributed by atoms with Crippen LogP contribution in [0.2, 0.25) is 0 Å². The Morgan fingerprint density at radius 3 is 2.56 bits per heavy atom. The number of hydrogen-bond acceptors (Lipinski definition) is 5. The first-order chi connectivity index (χ1) is 7.51. The molecule has 0 radical (unpaired) electrons. The van der Waals surface area contributed by atoms with Gasteiger partial charge in [-0.1, -0.05) is 15.9 Å². The van der Waals surface area contributed by atoms with Crippen molar-refractivity contribution in [3.05, 3.63) is 22.2 Å². The third-order valence-electron chi connectivity index (χ3n) is 2.05. The number of rotatable bonds is 3. The maximum Gasteiger partial charge on any atom is 0.170 e. The lowest BCUT2D eigenvalue weighted by Crippen LogP contribution is -2.16. The summed E-state index contributed by atoms with van der Waals surface area (Å²) in [6.07, 6.45) is -2.90. The lowest BCUT2D eigenvalue weighted by atomic mass is 10.0. The zero-order valence-corrected chi connectivity index (χ0v) is 9.97. The van der Waals surface area contributed by atoms with Gasteiger partial charge in [-0.25, -0.2) is 0 Å². The molecule has 1 aromatic rings. The first-order valence-electron chi connectivity index (χ1n) is 4.33. The Hall–Kier alpha value is -1.29. The number of aromatic hydroxyl groups is 1. The van der Waals surface area contributed by atoms with Crippen LogP contribution in [0.5, 0.6) is 11.5 Å². The van der Waals surface area contributed by atoms with Crippen molar-refractivity contribution < 1.29 is 20.1 Å². The number of nitriles is 1. The number of phenols is 1. The van der Waals surface area contributed by atoms with Crippen LogP contribution >= 0.6 is 15.9 Å². The molecule has 0 aliphatic heterocycles. The van der Waals surface area contributed by atoms with Gasteiger partial charge in [0, 0.05) is 10.0 Å². The third-order valence-corrected chi connectivity index (χ3v) is 2.73. The zero-order chi connectivity index (χ0) is 12.3. The Bertz CT molecular complexity index is 430. The van der Waals surface area contributed by atoms with Crippen LogP contribution in [0, 0.1) is 11.3 Å². The van der Waals surface area contributed by atoms with E-state index in [0.717, 1.165) is 0 Å². The van der Waals surface area contributed by atoms with Gasteiger partial charge in [0.2, 0.25) is 0 Å². The number of hydrogen-bond donors (Lipinski definition) is 3. The first kappa shape index (κ1) is 12.8. The molecular formula is C10H10BrNO4. The van der Waals surface area contributed by atoms with Crippen molar-refractivity contribution in [1.82, 2.24) is 0 Å². The van der Waals surface area contributed by atoms with Gasteiger partial charge in [0.1, 0.15) is 6.10 Å². The summed E-state index contributed by atoms with van der Waals surface area (Å²) in [7, 11) is 1.36. The number of ether oxygens (including phenoxy) is 1. The third kappa shape index (κ3) is 2.44. The number of benzene rings is 1. The fraction of sp³-hybridized carbons (Fsp3) is 0.300. The predicted octanol–water partition coefficient (Wildman–Crippen LogP) is 1.08. The van der Waals surface area contributed by atoms with Crippen LogP contribution in [0.15, 0.2) is 16.6 Å². The van der Waals surface area contributed by atoms with Crippen molar-refractivity contribution >= 4 is 15.9 Å². The number of aliphatic hydroxyl groups excluding tert-OH is 2. The summed E-state index contributed by atoms with van der Waals surface area (Å²) >= 11 is 3.11. The zero-order valence-electron chi connectivity index (χ0n) is 8.38. The van der Waals surface area contributed by atoms with Crippen molar-refractivity contribution in [2.45, 2.75) is 12.2 Å². The molecule has 0 spiro atoms. The molecule has 0 aromatic heterocycles. The van der Waals surface area contributed by atoms with E-state index in [2.05, 4.69) is 15.9 Å². The largest absolute Gasteiger partial charge is 0.504 e. The maximum absolute atomic E-state index is 9.64. The van der Waals surface area contributed by atoms with Crippen LogP contribution in [0.1, 0.15) is 11.7 Å². The number of methoxy groups -OCH3 is 1. The number of aliphatic hydroxyl groups is 2. The summed E-state index contributed by atoms with van der Waals surface area (Å²) in [5, 5.41) is 36.8. The minimum absolute atomic E-state index is 0.100. The fourth-order valence-electron chi connectivity index (χ4n) is 1.19. The molecule has 0 saturated carbocycles. The minimum atomic E-state index is -1.54. The molecule has 2 atom stereocenters. The number of nitrogens with zero attached hydrogens (tertiary/aromatic N) is 1. The minimum Gasteiger partial charge on any atom is -0.504 e. The standard InChI is InChI=1S/C10H10BrNO4/c1-16-9-2-5(6(11)3-7(9)13)10(15)8(14)4-12/h2-3,8,10,13-15H,1H3. The summed E-state index contributed by atoms with van der Waals surface area (Å²) in [6.45, 7) is 0. The molecule has 0 bridgehead atoms. The number of phenolic OH excluding ortho intramolecular Hbond substituents is 1. The molecule has 86 valence electrons. The van der Waals surface area contributed by atoms with Crippen LogP contribution in [-0.2, 0) is 0 Å². The molecule has 0 heterocycles. The second-order valence-corrected chi connectivity index (χ2v) is 3.92. The Balaban J connectivity index is 3.19. The van der Waals surface area contributed by atoms with Crippen LogP contribution in [-0.4, -0.2) is 28.5 Å². The topological polar surface area (TPSA) is 93.7 Å². The molecule has 0 saturated heterocycles. The molecular weight excluding hydrogens is 278 g/mol. The van der Waals surface area contributed by atoms with E-state index in [1.54, 1.807) is 0 Å². The molecule has 1 aromatic carbocycles. The monoisotopic (exact) mass is 287 g/mol. The van der Waals surface area contributed by atoms with Crippen molar-refractivity contribution in [3.63, 3.8) is 0 Å². The van der Waals surface area contributed by atoms with Gasteiger partial charge < -0.3 is 20.1 Å². The van der Waals surface area contributed by atoms with E-state index in [-0.39, 0.29) is 17.1 Å². The molecule has 5 nitrogen and oxygen atoms in total. The molecule has 16 heavy (non-hydrogen) atoms. The normalized spacial score (nSPS) is 13.9. The van der Waals surface area contributed by atoms with Crippen LogP contribution in [0.4, 0.5) is 0 Å².